The molecule has 5 aromatic rings. The molecule has 5 nitrogen and oxygen atoms in total. The molecular formula is C31H28N4OS. The highest BCUT2D eigenvalue weighted by Gasteiger charge is 2.19. The van der Waals surface area contributed by atoms with Crippen molar-refractivity contribution in [3.8, 4) is 0 Å². The first-order chi connectivity index (χ1) is 18.2. The lowest BCUT2D eigenvalue weighted by atomic mass is 9.99. The van der Waals surface area contributed by atoms with E-state index in [4.69, 9.17) is 0 Å². The molecule has 0 bridgehead atoms. The van der Waals surface area contributed by atoms with Gasteiger partial charge in [0.2, 0.25) is 5.91 Å². The number of rotatable bonds is 10. The number of hydrogen-bond acceptors (Lipinski definition) is 4. The zero-order chi connectivity index (χ0) is 25.5. The molecule has 0 aliphatic heterocycles. The number of benzene rings is 4. The standard InChI is InChI=1S/C31H28N4OS/c1-2-20-35-28(21-26-18-11-17-23-12-9-10-19-27(23)26)33-34-31(35)37-22-29(36)32-30(24-13-5-3-6-14-24)25-15-7-4-8-16-25/h2-19,30H,1,20-22H2,(H,32,36). The molecular weight excluding hydrogens is 476 g/mol. The number of aromatic nitrogens is 3. The fourth-order valence-corrected chi connectivity index (χ4v) is 5.25. The van der Waals surface area contributed by atoms with Crippen LogP contribution in [0.15, 0.2) is 121 Å². The summed E-state index contributed by atoms with van der Waals surface area (Å²) in [6.07, 6.45) is 2.49. The van der Waals surface area contributed by atoms with E-state index in [0.717, 1.165) is 17.0 Å². The van der Waals surface area contributed by atoms with Crippen molar-refractivity contribution in [3.63, 3.8) is 0 Å². The van der Waals surface area contributed by atoms with Gasteiger partial charge in [0.1, 0.15) is 5.82 Å². The monoisotopic (exact) mass is 504 g/mol. The van der Waals surface area contributed by atoms with Crippen LogP contribution in [0.3, 0.4) is 0 Å². The van der Waals surface area contributed by atoms with Gasteiger partial charge in [0, 0.05) is 13.0 Å². The number of nitrogens with one attached hydrogen (secondary N) is 1. The highest BCUT2D eigenvalue weighted by atomic mass is 32.2. The first-order valence-corrected chi connectivity index (χ1v) is 13.2. The number of allylic oxidation sites excluding steroid dienone is 1. The van der Waals surface area contributed by atoms with Crippen LogP contribution >= 0.6 is 11.8 Å². The summed E-state index contributed by atoms with van der Waals surface area (Å²) in [4.78, 5) is 13.1. The molecule has 1 amide bonds. The zero-order valence-corrected chi connectivity index (χ0v) is 21.3. The van der Waals surface area contributed by atoms with E-state index in [1.54, 1.807) is 0 Å². The van der Waals surface area contributed by atoms with E-state index < -0.39 is 0 Å². The number of nitrogens with zero attached hydrogens (tertiary/aromatic N) is 3. The third-order valence-corrected chi connectivity index (χ3v) is 7.20. The minimum absolute atomic E-state index is 0.0635. The first-order valence-electron chi connectivity index (χ1n) is 12.2. The molecule has 0 spiro atoms. The van der Waals surface area contributed by atoms with Crippen molar-refractivity contribution in [2.45, 2.75) is 24.2 Å². The van der Waals surface area contributed by atoms with E-state index in [2.05, 4.69) is 58.5 Å². The lowest BCUT2D eigenvalue weighted by Gasteiger charge is -2.20. The number of thioether (sulfide) groups is 1. The maximum absolute atomic E-state index is 13.1. The molecule has 0 aliphatic rings. The molecule has 37 heavy (non-hydrogen) atoms. The van der Waals surface area contributed by atoms with Crippen molar-refractivity contribution >= 4 is 28.4 Å². The van der Waals surface area contributed by atoms with Crippen molar-refractivity contribution in [1.82, 2.24) is 20.1 Å². The lowest BCUT2D eigenvalue weighted by Crippen LogP contribution is -2.30. The zero-order valence-electron chi connectivity index (χ0n) is 20.5. The number of amides is 1. The molecule has 0 radical (unpaired) electrons. The van der Waals surface area contributed by atoms with Crippen LogP contribution in [-0.4, -0.2) is 26.4 Å². The predicted octanol–water partition coefficient (Wildman–Crippen LogP) is 6.21. The molecule has 0 unspecified atom stereocenters. The summed E-state index contributed by atoms with van der Waals surface area (Å²) < 4.78 is 2.04. The van der Waals surface area contributed by atoms with Gasteiger partial charge in [-0.3, -0.25) is 4.79 Å². The average molecular weight is 505 g/mol. The Hall–Kier alpha value is -4.16. The summed E-state index contributed by atoms with van der Waals surface area (Å²) in [6.45, 7) is 4.49. The normalized spacial score (nSPS) is 11.1. The fraction of sp³-hybridized carbons (Fsp3) is 0.129. The highest BCUT2D eigenvalue weighted by molar-refractivity contribution is 7.99. The summed E-state index contributed by atoms with van der Waals surface area (Å²) in [5.41, 5.74) is 3.28. The average Bonchev–Trinajstić information content (AvgIpc) is 3.32. The molecule has 6 heteroatoms. The van der Waals surface area contributed by atoms with Gasteiger partial charge in [-0.2, -0.15) is 0 Å². The predicted molar refractivity (Wildman–Crippen MR) is 151 cm³/mol. The van der Waals surface area contributed by atoms with Crippen LogP contribution in [-0.2, 0) is 17.8 Å². The van der Waals surface area contributed by atoms with Crippen LogP contribution in [0, 0.1) is 0 Å². The molecule has 0 fully saturated rings. The maximum Gasteiger partial charge on any atom is 0.231 e. The van der Waals surface area contributed by atoms with Crippen molar-refractivity contribution in [2.24, 2.45) is 0 Å². The van der Waals surface area contributed by atoms with Crippen LogP contribution in [0.25, 0.3) is 10.8 Å². The van der Waals surface area contributed by atoms with Gasteiger partial charge in [-0.15, -0.1) is 16.8 Å². The molecule has 0 saturated carbocycles. The van der Waals surface area contributed by atoms with E-state index >= 15 is 0 Å². The number of hydrogen-bond donors (Lipinski definition) is 1. The molecule has 184 valence electrons. The Labute approximate surface area is 221 Å². The molecule has 0 atom stereocenters. The smallest absolute Gasteiger partial charge is 0.231 e. The third kappa shape index (κ3) is 5.81. The number of carbonyl (C=O) groups is 1. The van der Waals surface area contributed by atoms with Crippen LogP contribution < -0.4 is 5.32 Å². The lowest BCUT2D eigenvalue weighted by molar-refractivity contribution is -0.119. The van der Waals surface area contributed by atoms with Gasteiger partial charge >= 0.3 is 0 Å². The van der Waals surface area contributed by atoms with Crippen LogP contribution in [0.5, 0.6) is 0 Å². The van der Waals surface area contributed by atoms with Crippen molar-refractivity contribution < 1.29 is 4.79 Å². The molecule has 1 aromatic heterocycles. The Morgan fingerprint density at radius 1 is 0.865 bits per heavy atom. The Kier molecular flexibility index (Phi) is 7.77. The van der Waals surface area contributed by atoms with Crippen molar-refractivity contribution in [3.05, 3.63) is 138 Å². The molecule has 0 aliphatic carbocycles. The number of fused-ring (bicyclic) bond motifs is 1. The number of carbonyl (C=O) groups excluding carboxylic acids is 1. The minimum atomic E-state index is -0.219. The molecule has 0 saturated heterocycles. The third-order valence-electron chi connectivity index (χ3n) is 6.24. The Bertz CT molecular complexity index is 1450. The van der Waals surface area contributed by atoms with E-state index in [0.29, 0.717) is 18.1 Å². The Morgan fingerprint density at radius 3 is 2.22 bits per heavy atom. The first kappa shape index (κ1) is 24.5. The molecule has 4 aromatic carbocycles. The van der Waals surface area contributed by atoms with Gasteiger partial charge in [-0.05, 0) is 27.5 Å². The summed E-state index contributed by atoms with van der Waals surface area (Å²) in [5, 5.41) is 15.2. The fourth-order valence-electron chi connectivity index (χ4n) is 4.47. The summed E-state index contributed by atoms with van der Waals surface area (Å²) in [7, 11) is 0. The van der Waals surface area contributed by atoms with Crippen LogP contribution in [0.1, 0.15) is 28.6 Å². The van der Waals surface area contributed by atoms with Crippen LogP contribution in [0.2, 0.25) is 0 Å². The van der Waals surface area contributed by atoms with Crippen molar-refractivity contribution in [2.75, 3.05) is 5.75 Å². The maximum atomic E-state index is 13.1. The van der Waals surface area contributed by atoms with Gasteiger partial charge < -0.3 is 9.88 Å². The van der Waals surface area contributed by atoms with E-state index in [1.165, 1.54) is 28.1 Å². The second-order valence-corrected chi connectivity index (χ2v) is 9.67. The largest absolute Gasteiger partial charge is 0.344 e. The summed E-state index contributed by atoms with van der Waals surface area (Å²) >= 11 is 1.39. The summed E-state index contributed by atoms with van der Waals surface area (Å²) in [6, 6.07) is 34.5. The second kappa shape index (κ2) is 11.7. The molecule has 5 rings (SSSR count). The van der Waals surface area contributed by atoms with Gasteiger partial charge in [0.15, 0.2) is 5.16 Å². The van der Waals surface area contributed by atoms with Gasteiger partial charge in [0.25, 0.3) is 0 Å². The van der Waals surface area contributed by atoms with E-state index in [-0.39, 0.29) is 17.7 Å². The van der Waals surface area contributed by atoms with Gasteiger partial charge in [0.05, 0.1) is 11.8 Å². The Morgan fingerprint density at radius 2 is 1.51 bits per heavy atom. The second-order valence-electron chi connectivity index (χ2n) is 8.72. The molecule has 1 N–H and O–H groups in total. The van der Waals surface area contributed by atoms with Gasteiger partial charge in [-0.1, -0.05) is 121 Å². The van der Waals surface area contributed by atoms with Gasteiger partial charge in [-0.25, -0.2) is 0 Å². The highest BCUT2D eigenvalue weighted by Crippen LogP contribution is 2.25. The minimum Gasteiger partial charge on any atom is -0.344 e. The van der Waals surface area contributed by atoms with Crippen molar-refractivity contribution in [1.29, 1.82) is 0 Å². The molecule has 1 heterocycles. The van der Waals surface area contributed by atoms with E-state index in [1.807, 2.05) is 77.4 Å². The SMILES string of the molecule is C=CCn1c(Cc2cccc3ccccc23)nnc1SCC(=O)NC(c1ccccc1)c1ccccc1. The van der Waals surface area contributed by atoms with E-state index in [9.17, 15) is 4.79 Å². The topological polar surface area (TPSA) is 59.8 Å². The van der Waals surface area contributed by atoms with Crippen LogP contribution in [0.4, 0.5) is 0 Å². The summed E-state index contributed by atoms with van der Waals surface area (Å²) in [5.74, 6) is 1.02. The quantitative estimate of drug-likeness (QED) is 0.182. The Balaban J connectivity index is 1.32.